The van der Waals surface area contributed by atoms with Gasteiger partial charge in [-0.05, 0) is 43.2 Å². The monoisotopic (exact) mass is 357 g/mol. The molecule has 1 saturated carbocycles. The highest BCUT2D eigenvalue weighted by atomic mass is 19.1. The van der Waals surface area contributed by atoms with E-state index in [0.29, 0.717) is 5.56 Å². The quantitative estimate of drug-likeness (QED) is 0.779. The van der Waals surface area contributed by atoms with Crippen LogP contribution in [0.25, 0.3) is 11.3 Å². The average molecular weight is 357 g/mol. The number of nitrogen functional groups attached to an aromatic ring is 1. The van der Waals surface area contributed by atoms with Crippen molar-refractivity contribution in [3.8, 4) is 11.3 Å². The lowest BCUT2D eigenvalue weighted by molar-refractivity contribution is 0.0691. The molecule has 0 spiro atoms. The van der Waals surface area contributed by atoms with E-state index < -0.39 is 11.8 Å². The summed E-state index contributed by atoms with van der Waals surface area (Å²) >= 11 is 0. The minimum Gasteiger partial charge on any atom is -0.476 e. The Morgan fingerprint density at radius 3 is 2.58 bits per heavy atom. The molecule has 26 heavy (non-hydrogen) atoms. The van der Waals surface area contributed by atoms with Gasteiger partial charge in [-0.15, -0.1) is 0 Å². The first-order valence-corrected chi connectivity index (χ1v) is 8.56. The molecule has 0 radical (unpaired) electrons. The summed E-state index contributed by atoms with van der Waals surface area (Å²) in [6, 6.07) is 6.91. The van der Waals surface area contributed by atoms with Crippen LogP contribution in [0.15, 0.2) is 30.3 Å². The van der Waals surface area contributed by atoms with Crippen LogP contribution in [0.4, 0.5) is 10.1 Å². The third-order valence-electron chi connectivity index (χ3n) is 4.57. The van der Waals surface area contributed by atoms with Crippen LogP contribution in [-0.4, -0.2) is 28.0 Å². The van der Waals surface area contributed by atoms with Crippen molar-refractivity contribution in [3.63, 3.8) is 0 Å². The first kappa shape index (κ1) is 17.8. The molecule has 1 amide bonds. The van der Waals surface area contributed by atoms with E-state index in [4.69, 9.17) is 10.8 Å². The summed E-state index contributed by atoms with van der Waals surface area (Å²) in [6.07, 6.45) is 5.25. The molecule has 1 aromatic heterocycles. The molecule has 2 aromatic rings. The van der Waals surface area contributed by atoms with E-state index in [9.17, 15) is 14.0 Å². The number of pyridine rings is 1. The Morgan fingerprint density at radius 1 is 1.15 bits per heavy atom. The Morgan fingerprint density at radius 2 is 1.88 bits per heavy atom. The number of hydrogen-bond acceptors (Lipinski definition) is 4. The molecular formula is C19H20FN3O3. The second-order valence-corrected chi connectivity index (χ2v) is 6.44. The van der Waals surface area contributed by atoms with Gasteiger partial charge in [0.05, 0.1) is 11.4 Å². The Balaban J connectivity index is 1.89. The van der Waals surface area contributed by atoms with E-state index in [2.05, 4.69) is 10.3 Å². The van der Waals surface area contributed by atoms with Gasteiger partial charge in [0.15, 0.2) is 5.69 Å². The second kappa shape index (κ2) is 7.51. The first-order valence-electron chi connectivity index (χ1n) is 8.56. The van der Waals surface area contributed by atoms with Crippen molar-refractivity contribution < 1.29 is 19.1 Å². The number of aromatic nitrogens is 1. The molecule has 4 N–H and O–H groups in total. The number of benzene rings is 1. The van der Waals surface area contributed by atoms with Crippen LogP contribution < -0.4 is 11.1 Å². The second-order valence-electron chi connectivity index (χ2n) is 6.44. The highest BCUT2D eigenvalue weighted by Gasteiger charge is 2.19. The molecule has 3 rings (SSSR count). The maximum atomic E-state index is 14.3. The number of aromatic carboxylic acids is 1. The van der Waals surface area contributed by atoms with Crippen LogP contribution in [0, 0.1) is 5.82 Å². The van der Waals surface area contributed by atoms with Crippen LogP contribution in [0.3, 0.4) is 0 Å². The molecular weight excluding hydrogens is 337 g/mol. The number of carboxylic acid groups (broad SMARTS) is 1. The molecule has 1 aromatic carbocycles. The van der Waals surface area contributed by atoms with Crippen LogP contribution in [0.5, 0.6) is 0 Å². The third kappa shape index (κ3) is 3.82. The molecule has 1 fully saturated rings. The number of rotatable bonds is 4. The van der Waals surface area contributed by atoms with E-state index >= 15 is 0 Å². The zero-order valence-corrected chi connectivity index (χ0v) is 14.2. The predicted octanol–water partition coefficient (Wildman–Crippen LogP) is 3.23. The summed E-state index contributed by atoms with van der Waals surface area (Å²) in [7, 11) is 0. The van der Waals surface area contributed by atoms with E-state index in [1.165, 1.54) is 36.8 Å². The van der Waals surface area contributed by atoms with Crippen molar-refractivity contribution in [1.29, 1.82) is 0 Å². The minimum absolute atomic E-state index is 0.00662. The molecule has 1 aliphatic carbocycles. The molecule has 0 saturated heterocycles. The number of halogens is 1. The van der Waals surface area contributed by atoms with E-state index in [1.807, 2.05) is 0 Å². The number of carbonyl (C=O) groups is 2. The highest BCUT2D eigenvalue weighted by molar-refractivity contribution is 5.96. The van der Waals surface area contributed by atoms with Gasteiger partial charge in [-0.25, -0.2) is 14.2 Å². The van der Waals surface area contributed by atoms with Crippen LogP contribution >= 0.6 is 0 Å². The molecule has 6 nitrogen and oxygen atoms in total. The fraction of sp³-hybridized carbons (Fsp3) is 0.316. The number of nitrogens with zero attached hydrogens (tertiary/aromatic N) is 1. The normalized spacial score (nSPS) is 14.8. The van der Waals surface area contributed by atoms with Crippen molar-refractivity contribution in [3.05, 3.63) is 47.4 Å². The smallest absolute Gasteiger partial charge is 0.356 e. The number of nitrogens with one attached hydrogen (secondary N) is 1. The van der Waals surface area contributed by atoms with Crippen LogP contribution in [-0.2, 0) is 0 Å². The number of anilines is 1. The third-order valence-corrected chi connectivity index (χ3v) is 4.57. The van der Waals surface area contributed by atoms with Crippen LogP contribution in [0.2, 0.25) is 0 Å². The molecule has 0 aliphatic heterocycles. The van der Waals surface area contributed by atoms with E-state index in [1.54, 1.807) is 0 Å². The fourth-order valence-corrected chi connectivity index (χ4v) is 3.17. The molecule has 1 aliphatic rings. The van der Waals surface area contributed by atoms with E-state index in [0.717, 1.165) is 25.7 Å². The number of amides is 1. The average Bonchev–Trinajstić information content (AvgIpc) is 2.63. The Labute approximate surface area is 150 Å². The van der Waals surface area contributed by atoms with Crippen LogP contribution in [0.1, 0.15) is 53.0 Å². The zero-order valence-electron chi connectivity index (χ0n) is 14.2. The Bertz CT molecular complexity index is 848. The van der Waals surface area contributed by atoms with Crippen molar-refractivity contribution in [2.45, 2.75) is 38.1 Å². The zero-order chi connectivity index (χ0) is 18.7. The lowest BCUT2D eigenvalue weighted by Crippen LogP contribution is -2.36. The van der Waals surface area contributed by atoms with Gasteiger partial charge in [0.25, 0.3) is 5.91 Å². The maximum absolute atomic E-state index is 14.3. The van der Waals surface area contributed by atoms with Gasteiger partial charge >= 0.3 is 5.97 Å². The van der Waals surface area contributed by atoms with Crippen molar-refractivity contribution >= 4 is 17.6 Å². The van der Waals surface area contributed by atoms with Gasteiger partial charge < -0.3 is 16.2 Å². The molecule has 136 valence electrons. The molecule has 0 bridgehead atoms. The van der Waals surface area contributed by atoms with Gasteiger partial charge in [0, 0.05) is 17.2 Å². The summed E-state index contributed by atoms with van der Waals surface area (Å²) in [5, 5.41) is 12.1. The number of carboxylic acids is 1. The number of hydrogen-bond donors (Lipinski definition) is 3. The molecule has 7 heteroatoms. The van der Waals surface area contributed by atoms with Crippen molar-refractivity contribution in [2.75, 3.05) is 5.73 Å². The van der Waals surface area contributed by atoms with Crippen molar-refractivity contribution in [1.82, 2.24) is 10.3 Å². The standard InChI is InChI=1S/C19H20FN3O3/c20-14-7-6-11(18(24)22-12-4-2-1-3-5-12)10-13(14)16-9-8-15(21)17(23-16)19(25)26/h6-10,12H,1-5,21H2,(H,22,24)(H,25,26). The van der Waals surface area contributed by atoms with Gasteiger partial charge in [0.2, 0.25) is 0 Å². The summed E-state index contributed by atoms with van der Waals surface area (Å²) in [4.78, 5) is 27.6. The lowest BCUT2D eigenvalue weighted by atomic mass is 9.95. The lowest BCUT2D eigenvalue weighted by Gasteiger charge is -2.22. The summed E-state index contributed by atoms with van der Waals surface area (Å²) in [5.74, 6) is -2.16. The number of nitrogens with two attached hydrogens (primary N) is 1. The summed E-state index contributed by atoms with van der Waals surface area (Å²) in [5.41, 5.74) is 5.71. The highest BCUT2D eigenvalue weighted by Crippen LogP contribution is 2.25. The maximum Gasteiger partial charge on any atom is 0.356 e. The molecule has 0 atom stereocenters. The summed E-state index contributed by atoms with van der Waals surface area (Å²) < 4.78 is 14.3. The summed E-state index contributed by atoms with van der Waals surface area (Å²) in [6.45, 7) is 0. The topological polar surface area (TPSA) is 105 Å². The SMILES string of the molecule is Nc1ccc(-c2cc(C(=O)NC3CCCCC3)ccc2F)nc1C(=O)O. The largest absolute Gasteiger partial charge is 0.476 e. The minimum atomic E-state index is -1.30. The molecule has 1 heterocycles. The Kier molecular flexibility index (Phi) is 5.16. The predicted molar refractivity (Wildman–Crippen MR) is 95.3 cm³/mol. The van der Waals surface area contributed by atoms with Gasteiger partial charge in [-0.2, -0.15) is 0 Å². The van der Waals surface area contributed by atoms with Crippen molar-refractivity contribution in [2.24, 2.45) is 0 Å². The van der Waals surface area contributed by atoms with Gasteiger partial charge in [-0.3, -0.25) is 4.79 Å². The van der Waals surface area contributed by atoms with Gasteiger partial charge in [0.1, 0.15) is 5.82 Å². The van der Waals surface area contributed by atoms with E-state index in [-0.39, 0.29) is 34.6 Å². The Hall–Kier alpha value is -2.96. The van der Waals surface area contributed by atoms with Gasteiger partial charge in [-0.1, -0.05) is 19.3 Å². The fourth-order valence-electron chi connectivity index (χ4n) is 3.17. The molecule has 0 unspecified atom stereocenters. The first-order chi connectivity index (χ1) is 12.5. The number of carbonyl (C=O) groups excluding carboxylic acids is 1.